The average molecular weight is 340 g/mol. The minimum atomic E-state index is -0.193. The van der Waals surface area contributed by atoms with Crippen molar-refractivity contribution in [3.63, 3.8) is 0 Å². The molecule has 3 aliphatic heterocycles. The molecule has 2 fully saturated rings. The van der Waals surface area contributed by atoms with Gasteiger partial charge >= 0.3 is 5.97 Å². The number of rotatable bonds is 2. The third-order valence-electron chi connectivity index (χ3n) is 7.05. The molecule has 1 aliphatic carbocycles. The second-order valence-electron chi connectivity index (χ2n) is 7.80. The van der Waals surface area contributed by atoms with E-state index in [9.17, 15) is 9.90 Å². The molecule has 0 saturated carbocycles. The summed E-state index contributed by atoms with van der Waals surface area (Å²) >= 11 is 0. The van der Waals surface area contributed by atoms with Gasteiger partial charge in [-0.25, -0.2) is 4.79 Å². The second-order valence-corrected chi connectivity index (χ2v) is 7.80. The van der Waals surface area contributed by atoms with Gasteiger partial charge in [-0.3, -0.25) is 4.90 Å². The van der Waals surface area contributed by atoms with E-state index in [1.807, 2.05) is 6.07 Å². The van der Waals surface area contributed by atoms with Gasteiger partial charge < -0.3 is 15.2 Å². The number of phenols is 1. The smallest absolute Gasteiger partial charge is 0.335 e. The third-order valence-corrected chi connectivity index (χ3v) is 7.05. The zero-order valence-electron chi connectivity index (χ0n) is 14.7. The normalized spacial score (nSPS) is 35.2. The van der Waals surface area contributed by atoms with E-state index in [0.29, 0.717) is 12.0 Å². The Labute approximate surface area is 147 Å². The van der Waals surface area contributed by atoms with E-state index < -0.39 is 0 Å². The molecule has 1 spiro atoms. The Morgan fingerprint density at radius 2 is 2.28 bits per heavy atom. The van der Waals surface area contributed by atoms with E-state index in [1.165, 1.54) is 12.7 Å². The lowest BCUT2D eigenvalue weighted by molar-refractivity contribution is -0.138. The summed E-state index contributed by atoms with van der Waals surface area (Å²) in [5.41, 5.74) is 3.91. The Morgan fingerprint density at radius 3 is 3.04 bits per heavy atom. The number of ether oxygens (including phenoxy) is 1. The van der Waals surface area contributed by atoms with Crippen molar-refractivity contribution < 1.29 is 14.6 Å². The van der Waals surface area contributed by atoms with Gasteiger partial charge in [-0.15, -0.1) is 0 Å². The molecule has 5 nitrogen and oxygen atoms in total. The molecule has 3 heterocycles. The summed E-state index contributed by atoms with van der Waals surface area (Å²) in [6.45, 7) is 4.36. The predicted molar refractivity (Wildman–Crippen MR) is 94.3 cm³/mol. The first-order chi connectivity index (χ1) is 12.1. The van der Waals surface area contributed by atoms with E-state index in [4.69, 9.17) is 4.74 Å². The monoisotopic (exact) mass is 340 g/mol. The summed E-state index contributed by atoms with van der Waals surface area (Å²) in [4.78, 5) is 15.4. The lowest BCUT2D eigenvalue weighted by Crippen LogP contribution is -2.58. The van der Waals surface area contributed by atoms with E-state index in [-0.39, 0.29) is 23.1 Å². The van der Waals surface area contributed by atoms with Crippen molar-refractivity contribution >= 4 is 11.7 Å². The number of esters is 1. The highest BCUT2D eigenvalue weighted by molar-refractivity contribution is 5.93. The maximum atomic E-state index is 12.8. The zero-order chi connectivity index (χ0) is 17.3. The number of phenolic OH excluding ortho intramolecular Hbond substituents is 1. The molecule has 2 N–H and O–H groups in total. The van der Waals surface area contributed by atoms with Gasteiger partial charge in [0, 0.05) is 23.5 Å². The quantitative estimate of drug-likeness (QED) is 0.811. The molecule has 5 rings (SSSR count). The first-order valence-electron chi connectivity index (χ1n) is 9.29. The maximum Gasteiger partial charge on any atom is 0.335 e. The van der Waals surface area contributed by atoms with E-state index in [0.717, 1.165) is 49.3 Å². The van der Waals surface area contributed by atoms with Crippen molar-refractivity contribution in [1.29, 1.82) is 0 Å². The molecule has 25 heavy (non-hydrogen) atoms. The molecule has 0 aromatic heterocycles. The molecule has 1 aromatic carbocycles. The number of anilines is 1. The van der Waals surface area contributed by atoms with E-state index in [2.05, 4.69) is 17.1 Å². The number of aromatic hydroxyl groups is 1. The van der Waals surface area contributed by atoms with Crippen LogP contribution in [0.3, 0.4) is 0 Å². The van der Waals surface area contributed by atoms with Crippen molar-refractivity contribution in [2.24, 2.45) is 11.8 Å². The van der Waals surface area contributed by atoms with Crippen LogP contribution < -0.4 is 5.32 Å². The highest BCUT2D eigenvalue weighted by Crippen LogP contribution is 2.62. The van der Waals surface area contributed by atoms with E-state index in [1.54, 1.807) is 12.1 Å². The second kappa shape index (κ2) is 5.01. The van der Waals surface area contributed by atoms with Gasteiger partial charge in [0.25, 0.3) is 0 Å². The summed E-state index contributed by atoms with van der Waals surface area (Å²) in [5, 5.41) is 13.5. The number of benzene rings is 1. The SMILES string of the molecule is CCC1C2CCN3CCC4(C(=C2C(=O)OC)Nc2cc(O)ccc24)C13. The van der Waals surface area contributed by atoms with Crippen molar-refractivity contribution in [2.45, 2.75) is 37.6 Å². The van der Waals surface area contributed by atoms with Crippen molar-refractivity contribution in [1.82, 2.24) is 4.90 Å². The number of nitrogens with zero attached hydrogens (tertiary/aromatic N) is 1. The number of piperidine rings is 1. The van der Waals surface area contributed by atoms with Gasteiger partial charge in [-0.1, -0.05) is 19.4 Å². The number of methoxy groups -OCH3 is 1. The van der Waals surface area contributed by atoms with Gasteiger partial charge in [0.05, 0.1) is 18.1 Å². The number of carbonyl (C=O) groups is 1. The molecular weight excluding hydrogens is 316 g/mol. The fourth-order valence-corrected chi connectivity index (χ4v) is 6.24. The zero-order valence-corrected chi connectivity index (χ0v) is 14.7. The van der Waals surface area contributed by atoms with Crippen LogP contribution in [0.2, 0.25) is 0 Å². The van der Waals surface area contributed by atoms with Crippen LogP contribution in [-0.2, 0) is 14.9 Å². The Hall–Kier alpha value is -2.01. The molecule has 0 amide bonds. The highest BCUT2D eigenvalue weighted by Gasteiger charge is 2.64. The number of fused-ring (bicyclic) bond motifs is 2. The summed E-state index contributed by atoms with van der Waals surface area (Å²) in [6, 6.07) is 6.04. The summed E-state index contributed by atoms with van der Waals surface area (Å²) in [6.07, 6.45) is 3.10. The summed E-state index contributed by atoms with van der Waals surface area (Å²) < 4.78 is 5.21. The van der Waals surface area contributed by atoms with Crippen molar-refractivity contribution in [3.05, 3.63) is 35.0 Å². The molecule has 132 valence electrons. The van der Waals surface area contributed by atoms with Crippen LogP contribution in [0.5, 0.6) is 5.75 Å². The fraction of sp³-hybridized carbons (Fsp3) is 0.550. The average Bonchev–Trinajstić information content (AvgIpc) is 3.17. The molecule has 2 saturated heterocycles. The third kappa shape index (κ3) is 1.70. The molecule has 1 aromatic rings. The molecule has 2 bridgehead atoms. The minimum Gasteiger partial charge on any atom is -0.508 e. The number of hydrogen-bond donors (Lipinski definition) is 2. The van der Waals surface area contributed by atoms with Crippen LogP contribution in [-0.4, -0.2) is 42.2 Å². The lowest BCUT2D eigenvalue weighted by Gasteiger charge is -2.52. The molecule has 4 aliphatic rings. The molecule has 4 unspecified atom stereocenters. The van der Waals surface area contributed by atoms with Gasteiger partial charge in [-0.2, -0.15) is 0 Å². The van der Waals surface area contributed by atoms with Crippen LogP contribution in [0.25, 0.3) is 0 Å². The lowest BCUT2D eigenvalue weighted by atomic mass is 9.57. The number of hydrogen-bond acceptors (Lipinski definition) is 5. The van der Waals surface area contributed by atoms with Crippen molar-refractivity contribution in [2.75, 3.05) is 25.5 Å². The van der Waals surface area contributed by atoms with Crippen LogP contribution in [0.1, 0.15) is 31.7 Å². The predicted octanol–water partition coefficient (Wildman–Crippen LogP) is 2.62. The van der Waals surface area contributed by atoms with Gasteiger partial charge in [-0.05, 0) is 49.4 Å². The van der Waals surface area contributed by atoms with Crippen LogP contribution in [0.15, 0.2) is 29.5 Å². The minimum absolute atomic E-state index is 0.163. The Morgan fingerprint density at radius 1 is 1.44 bits per heavy atom. The van der Waals surface area contributed by atoms with E-state index >= 15 is 0 Å². The summed E-state index contributed by atoms with van der Waals surface area (Å²) in [5.74, 6) is 0.790. The first kappa shape index (κ1) is 15.3. The van der Waals surface area contributed by atoms with Crippen LogP contribution in [0.4, 0.5) is 5.69 Å². The molecule has 5 heteroatoms. The van der Waals surface area contributed by atoms with Gasteiger partial charge in [0.1, 0.15) is 5.75 Å². The molecular formula is C20H24N2O3. The van der Waals surface area contributed by atoms with Crippen molar-refractivity contribution in [3.8, 4) is 5.75 Å². The Bertz CT molecular complexity index is 802. The topological polar surface area (TPSA) is 61.8 Å². The first-order valence-corrected chi connectivity index (χ1v) is 9.29. The molecule has 0 radical (unpaired) electrons. The van der Waals surface area contributed by atoms with Gasteiger partial charge in [0.15, 0.2) is 0 Å². The largest absolute Gasteiger partial charge is 0.508 e. The fourth-order valence-electron chi connectivity index (χ4n) is 6.24. The standard InChI is InChI=1S/C20H24N2O3/c1-3-12-13-6-8-22-9-7-20(18(12)22)14-5-4-11(23)10-15(14)21-17(20)16(13)19(24)25-2/h4-5,10,12-13,18,21,23H,3,6-9H2,1-2H3. The Kier molecular flexibility index (Phi) is 3.06. The highest BCUT2D eigenvalue weighted by atomic mass is 16.5. The summed E-state index contributed by atoms with van der Waals surface area (Å²) in [7, 11) is 1.48. The number of carbonyl (C=O) groups excluding carboxylic acids is 1. The number of nitrogens with one attached hydrogen (secondary N) is 1. The Balaban J connectivity index is 1.82. The maximum absolute atomic E-state index is 12.8. The molecule has 4 atom stereocenters. The van der Waals surface area contributed by atoms with Crippen LogP contribution >= 0.6 is 0 Å². The van der Waals surface area contributed by atoms with Crippen LogP contribution in [0, 0.1) is 11.8 Å². The van der Waals surface area contributed by atoms with Gasteiger partial charge in [0.2, 0.25) is 0 Å².